The Morgan fingerprint density at radius 1 is 1.28 bits per heavy atom. The number of hydrogen-bond acceptors (Lipinski definition) is 6. The molecule has 2 fully saturated rings. The number of carbonyl (C=O) groups excluding carboxylic acids is 1. The van der Waals surface area contributed by atoms with Crippen LogP contribution in [0.4, 0.5) is 15.9 Å². The number of nitrogens with zero attached hydrogens (tertiary/aromatic N) is 2. The van der Waals surface area contributed by atoms with Gasteiger partial charge >= 0.3 is 0 Å². The summed E-state index contributed by atoms with van der Waals surface area (Å²) in [7, 11) is 1.42. The number of ether oxygens (including phenoxy) is 1. The highest BCUT2D eigenvalue weighted by atomic mass is 19.1. The molecule has 7 nitrogen and oxygen atoms in total. The molecule has 0 radical (unpaired) electrons. The quantitative estimate of drug-likeness (QED) is 0.691. The van der Waals surface area contributed by atoms with Crippen LogP contribution >= 0.6 is 0 Å². The van der Waals surface area contributed by atoms with Gasteiger partial charge in [-0.3, -0.25) is 20.5 Å². The molecule has 8 heteroatoms. The smallest absolute Gasteiger partial charge is 0.250 e. The first kappa shape index (κ1) is 19.6. The average Bonchev–Trinajstić information content (AvgIpc) is 3.39. The molecule has 2 saturated heterocycles. The molecule has 3 N–H and O–H groups in total. The Kier molecular flexibility index (Phi) is 5.64. The van der Waals surface area contributed by atoms with Crippen LogP contribution in [-0.4, -0.2) is 43.7 Å². The van der Waals surface area contributed by atoms with E-state index < -0.39 is 5.82 Å². The number of hydrazine groups is 1. The molecule has 1 amide bonds. The lowest BCUT2D eigenvalue weighted by Crippen LogP contribution is -2.34. The Labute approximate surface area is 169 Å². The van der Waals surface area contributed by atoms with Crippen molar-refractivity contribution < 1.29 is 13.9 Å². The SMILES string of the molecule is CCc1nc(N2CCC(Nc3ccc(F)c(OC)c3)C2=O)ccc1C1CNNC1. The number of hydrogen-bond donors (Lipinski definition) is 3. The van der Waals surface area contributed by atoms with Gasteiger partial charge in [0.2, 0.25) is 0 Å². The molecule has 1 atom stereocenters. The van der Waals surface area contributed by atoms with Gasteiger partial charge in [0.25, 0.3) is 5.91 Å². The Balaban J connectivity index is 1.50. The fourth-order valence-corrected chi connectivity index (χ4v) is 3.98. The number of pyridine rings is 1. The standard InChI is InChI=1S/C21H26FN5O2/c1-3-17-15(13-11-23-24-12-13)5-7-20(26-17)27-9-8-18(21(27)28)25-14-4-6-16(22)19(10-14)29-2/h4-7,10,13,18,23-25H,3,8-9,11-12H2,1-2H3. The van der Waals surface area contributed by atoms with Crippen molar-refractivity contribution in [3.05, 3.63) is 47.4 Å². The summed E-state index contributed by atoms with van der Waals surface area (Å²) >= 11 is 0. The number of aryl methyl sites for hydroxylation is 1. The molecular weight excluding hydrogens is 373 g/mol. The lowest BCUT2D eigenvalue weighted by Gasteiger charge is -2.20. The van der Waals surface area contributed by atoms with Crippen LogP contribution in [0.25, 0.3) is 0 Å². The molecule has 4 rings (SSSR count). The van der Waals surface area contributed by atoms with Gasteiger partial charge in [0.1, 0.15) is 11.9 Å². The number of benzene rings is 1. The van der Waals surface area contributed by atoms with E-state index in [-0.39, 0.29) is 17.7 Å². The molecule has 2 aromatic rings. The van der Waals surface area contributed by atoms with E-state index in [2.05, 4.69) is 29.2 Å². The van der Waals surface area contributed by atoms with Crippen LogP contribution < -0.4 is 25.8 Å². The van der Waals surface area contributed by atoms with Gasteiger partial charge in [-0.15, -0.1) is 0 Å². The van der Waals surface area contributed by atoms with E-state index in [1.807, 2.05) is 6.07 Å². The summed E-state index contributed by atoms with van der Waals surface area (Å²) in [6, 6.07) is 8.17. The lowest BCUT2D eigenvalue weighted by atomic mass is 9.97. The molecule has 0 aliphatic carbocycles. The summed E-state index contributed by atoms with van der Waals surface area (Å²) in [5.41, 5.74) is 9.23. The third kappa shape index (κ3) is 3.90. The highest BCUT2D eigenvalue weighted by Gasteiger charge is 2.34. The number of amides is 1. The van der Waals surface area contributed by atoms with Gasteiger partial charge in [-0.2, -0.15) is 0 Å². The second kappa shape index (κ2) is 8.34. The maximum Gasteiger partial charge on any atom is 0.250 e. The Morgan fingerprint density at radius 3 is 2.79 bits per heavy atom. The second-order valence-corrected chi connectivity index (χ2v) is 7.34. The summed E-state index contributed by atoms with van der Waals surface area (Å²) in [6.07, 6.45) is 1.47. The van der Waals surface area contributed by atoms with Crippen LogP contribution in [0.1, 0.15) is 30.5 Å². The van der Waals surface area contributed by atoms with Crippen LogP contribution in [0, 0.1) is 5.82 Å². The first-order valence-corrected chi connectivity index (χ1v) is 9.97. The summed E-state index contributed by atoms with van der Waals surface area (Å²) in [5, 5.41) is 3.19. The number of carbonyl (C=O) groups is 1. The van der Waals surface area contributed by atoms with Crippen LogP contribution in [-0.2, 0) is 11.2 Å². The van der Waals surface area contributed by atoms with Crippen LogP contribution in [0.2, 0.25) is 0 Å². The summed E-state index contributed by atoms with van der Waals surface area (Å²) in [5.74, 6) is 0.776. The van der Waals surface area contributed by atoms with Crippen molar-refractivity contribution in [3.8, 4) is 5.75 Å². The third-order valence-electron chi connectivity index (χ3n) is 5.57. The fourth-order valence-electron chi connectivity index (χ4n) is 3.98. The normalized spacial score (nSPS) is 19.8. The minimum Gasteiger partial charge on any atom is -0.494 e. The van der Waals surface area contributed by atoms with Gasteiger partial charge in [0, 0.05) is 43.0 Å². The van der Waals surface area contributed by atoms with E-state index >= 15 is 0 Å². The van der Waals surface area contributed by atoms with E-state index in [0.717, 1.165) is 25.2 Å². The molecule has 0 bridgehead atoms. The number of nitrogens with one attached hydrogen (secondary N) is 3. The monoisotopic (exact) mass is 399 g/mol. The zero-order valence-electron chi connectivity index (χ0n) is 16.7. The van der Waals surface area contributed by atoms with Crippen molar-refractivity contribution >= 4 is 17.4 Å². The first-order valence-electron chi connectivity index (χ1n) is 9.97. The molecule has 0 spiro atoms. The Hall–Kier alpha value is -2.71. The summed E-state index contributed by atoms with van der Waals surface area (Å²) < 4.78 is 18.6. The lowest BCUT2D eigenvalue weighted by molar-refractivity contribution is -0.117. The van der Waals surface area contributed by atoms with E-state index in [0.29, 0.717) is 30.4 Å². The molecule has 1 aromatic carbocycles. The van der Waals surface area contributed by atoms with E-state index in [1.165, 1.54) is 18.7 Å². The van der Waals surface area contributed by atoms with Crippen LogP contribution in [0.3, 0.4) is 0 Å². The maximum atomic E-state index is 13.6. The molecule has 2 aliphatic rings. The molecular formula is C21H26FN5O2. The fraction of sp³-hybridized carbons (Fsp3) is 0.429. The Bertz CT molecular complexity index is 901. The number of rotatable bonds is 6. The summed E-state index contributed by atoms with van der Waals surface area (Å²) in [4.78, 5) is 19.5. The number of anilines is 2. The number of halogens is 1. The minimum atomic E-state index is -0.429. The van der Waals surface area contributed by atoms with Gasteiger partial charge in [0.05, 0.1) is 7.11 Å². The van der Waals surface area contributed by atoms with Crippen molar-refractivity contribution in [1.82, 2.24) is 15.8 Å². The van der Waals surface area contributed by atoms with E-state index in [1.54, 1.807) is 17.0 Å². The molecule has 0 saturated carbocycles. The van der Waals surface area contributed by atoms with Crippen LogP contribution in [0.5, 0.6) is 5.75 Å². The van der Waals surface area contributed by atoms with Gasteiger partial charge in [-0.1, -0.05) is 13.0 Å². The molecule has 3 heterocycles. The molecule has 1 unspecified atom stereocenters. The average molecular weight is 399 g/mol. The van der Waals surface area contributed by atoms with E-state index in [9.17, 15) is 9.18 Å². The topological polar surface area (TPSA) is 78.5 Å². The molecule has 1 aromatic heterocycles. The van der Waals surface area contributed by atoms with Crippen molar-refractivity contribution in [2.24, 2.45) is 0 Å². The third-order valence-corrected chi connectivity index (χ3v) is 5.57. The predicted molar refractivity (Wildman–Crippen MR) is 110 cm³/mol. The van der Waals surface area contributed by atoms with Crippen molar-refractivity contribution in [1.29, 1.82) is 0 Å². The second-order valence-electron chi connectivity index (χ2n) is 7.34. The van der Waals surface area contributed by atoms with Crippen molar-refractivity contribution in [2.45, 2.75) is 31.7 Å². The molecule has 154 valence electrons. The highest BCUT2D eigenvalue weighted by Crippen LogP contribution is 2.28. The summed E-state index contributed by atoms with van der Waals surface area (Å²) in [6.45, 7) is 4.44. The highest BCUT2D eigenvalue weighted by molar-refractivity contribution is 6.00. The van der Waals surface area contributed by atoms with Gasteiger partial charge in [-0.05, 0) is 36.6 Å². The predicted octanol–water partition coefficient (Wildman–Crippen LogP) is 2.20. The zero-order chi connectivity index (χ0) is 20.4. The van der Waals surface area contributed by atoms with Crippen LogP contribution in [0.15, 0.2) is 30.3 Å². The van der Waals surface area contributed by atoms with E-state index in [4.69, 9.17) is 9.72 Å². The maximum absolute atomic E-state index is 13.6. The van der Waals surface area contributed by atoms with Crippen molar-refractivity contribution in [2.75, 3.05) is 37.0 Å². The van der Waals surface area contributed by atoms with Gasteiger partial charge in [0.15, 0.2) is 11.6 Å². The zero-order valence-corrected chi connectivity index (χ0v) is 16.7. The largest absolute Gasteiger partial charge is 0.494 e. The number of aromatic nitrogens is 1. The minimum absolute atomic E-state index is 0.0280. The Morgan fingerprint density at radius 2 is 2.07 bits per heavy atom. The first-order chi connectivity index (χ1) is 14.1. The molecule has 2 aliphatic heterocycles. The van der Waals surface area contributed by atoms with Gasteiger partial charge in [-0.25, -0.2) is 9.37 Å². The molecule has 29 heavy (non-hydrogen) atoms. The van der Waals surface area contributed by atoms with Crippen molar-refractivity contribution in [3.63, 3.8) is 0 Å². The van der Waals surface area contributed by atoms with Gasteiger partial charge < -0.3 is 10.1 Å². The number of methoxy groups -OCH3 is 1.